The van der Waals surface area contributed by atoms with E-state index in [1.807, 2.05) is 20.8 Å². The van der Waals surface area contributed by atoms with E-state index in [9.17, 15) is 29.1 Å². The topological polar surface area (TPSA) is 165 Å². The summed E-state index contributed by atoms with van der Waals surface area (Å²) in [6, 6.07) is 6.74. The van der Waals surface area contributed by atoms with Crippen LogP contribution in [0.1, 0.15) is 98.8 Å². The van der Waals surface area contributed by atoms with Gasteiger partial charge in [0.05, 0.1) is 0 Å². The zero-order valence-electron chi connectivity index (χ0n) is 27.5. The van der Waals surface area contributed by atoms with Crippen molar-refractivity contribution in [1.29, 1.82) is 0 Å². The minimum absolute atomic E-state index is 0.0245. The van der Waals surface area contributed by atoms with Crippen molar-refractivity contribution >= 4 is 34.8 Å². The summed E-state index contributed by atoms with van der Waals surface area (Å²) >= 11 is 0. The van der Waals surface area contributed by atoms with Crippen LogP contribution in [0.3, 0.4) is 0 Å². The Kier molecular flexibility index (Phi) is 14.0. The molecule has 3 rings (SSSR count). The molecule has 1 N–H and O–H groups in total. The molecule has 0 bridgehead atoms. The van der Waals surface area contributed by atoms with E-state index >= 15 is 0 Å². The van der Waals surface area contributed by atoms with Gasteiger partial charge in [-0.1, -0.05) is 41.0 Å². The maximum Gasteiger partial charge on any atom is 0.311 e. The van der Waals surface area contributed by atoms with E-state index in [0.717, 1.165) is 0 Å². The molecule has 12 heteroatoms. The van der Waals surface area contributed by atoms with Crippen molar-refractivity contribution in [1.82, 2.24) is 0 Å². The van der Waals surface area contributed by atoms with Gasteiger partial charge in [-0.25, -0.2) is 0 Å². The summed E-state index contributed by atoms with van der Waals surface area (Å²) in [6.45, 7) is 9.03. The van der Waals surface area contributed by atoms with E-state index in [-0.39, 0.29) is 77.4 Å². The Morgan fingerprint density at radius 1 is 0.681 bits per heavy atom. The molecule has 0 aliphatic heterocycles. The fourth-order valence-electron chi connectivity index (χ4n) is 4.45. The van der Waals surface area contributed by atoms with Crippen molar-refractivity contribution in [2.24, 2.45) is 0 Å². The van der Waals surface area contributed by atoms with Crippen LogP contribution in [-0.4, -0.2) is 35.3 Å². The molecule has 0 fully saturated rings. The van der Waals surface area contributed by atoms with Gasteiger partial charge in [0.25, 0.3) is 0 Å². The lowest BCUT2D eigenvalue weighted by atomic mass is 10.1. The Hall–Kier alpha value is -4.71. The van der Waals surface area contributed by atoms with E-state index in [2.05, 4.69) is 0 Å². The molecule has 1 aromatic heterocycles. The molecule has 12 nitrogen and oxygen atoms in total. The van der Waals surface area contributed by atoms with Gasteiger partial charge in [0.1, 0.15) is 22.5 Å². The molecule has 254 valence electrons. The first-order valence-corrected chi connectivity index (χ1v) is 16.0. The van der Waals surface area contributed by atoms with Crippen LogP contribution in [0.4, 0.5) is 0 Å². The predicted octanol–water partition coefficient (Wildman–Crippen LogP) is 6.78. The molecule has 0 aliphatic rings. The first-order chi connectivity index (χ1) is 22.5. The Bertz CT molecular complexity index is 1640. The summed E-state index contributed by atoms with van der Waals surface area (Å²) in [5, 5.41) is 10.4. The van der Waals surface area contributed by atoms with Crippen LogP contribution in [0.2, 0.25) is 0 Å². The third-order valence-electron chi connectivity index (χ3n) is 6.61. The average Bonchev–Trinajstić information content (AvgIpc) is 2.99. The normalized spacial score (nSPS) is 11.5. The monoisotopic (exact) mass is 654 g/mol. The fraction of sp³-hybridized carbons (Fsp3) is 0.457. The minimum atomic E-state index is -1.41. The maximum atomic E-state index is 14.1. The number of ether oxygens (including phenoxy) is 5. The lowest BCUT2D eigenvalue weighted by Gasteiger charge is -2.18. The van der Waals surface area contributed by atoms with Crippen LogP contribution < -0.4 is 29.1 Å². The van der Waals surface area contributed by atoms with Gasteiger partial charge in [-0.05, 0) is 43.9 Å². The quantitative estimate of drug-likeness (QED) is 0.0923. The molecule has 1 heterocycles. The number of benzene rings is 2. The SMILES string of the molecule is CCCC(=O)Oc1cc(OC(=O)CCC)c2c(=O)c(OC(O)CCC)c(-c3ccc(OC(=O)CCC)c(OC(=O)CCC)c3)oc2c1. The molecule has 3 aromatic rings. The van der Waals surface area contributed by atoms with Crippen molar-refractivity contribution in [3.63, 3.8) is 0 Å². The average molecular weight is 655 g/mol. The van der Waals surface area contributed by atoms with Gasteiger partial charge in [0.2, 0.25) is 11.2 Å². The highest BCUT2D eigenvalue weighted by Gasteiger charge is 2.26. The summed E-state index contributed by atoms with van der Waals surface area (Å²) < 4.78 is 33.9. The van der Waals surface area contributed by atoms with Gasteiger partial charge in [-0.15, -0.1) is 0 Å². The van der Waals surface area contributed by atoms with Gasteiger partial charge >= 0.3 is 23.9 Å². The summed E-state index contributed by atoms with van der Waals surface area (Å²) in [4.78, 5) is 63.9. The Balaban J connectivity index is 2.33. The van der Waals surface area contributed by atoms with Crippen LogP contribution >= 0.6 is 0 Å². The Labute approximate surface area is 272 Å². The third-order valence-corrected chi connectivity index (χ3v) is 6.61. The van der Waals surface area contributed by atoms with Gasteiger partial charge in [-0.2, -0.15) is 0 Å². The minimum Gasteiger partial charge on any atom is -0.457 e. The van der Waals surface area contributed by atoms with Crippen molar-refractivity contribution in [2.75, 3.05) is 0 Å². The summed E-state index contributed by atoms with van der Waals surface area (Å²) in [5.74, 6) is -3.27. The molecule has 0 spiro atoms. The Morgan fingerprint density at radius 2 is 1.21 bits per heavy atom. The molecule has 47 heavy (non-hydrogen) atoms. The summed E-state index contributed by atoms with van der Waals surface area (Å²) in [5.41, 5.74) is -0.744. The molecule has 1 unspecified atom stereocenters. The highest BCUT2D eigenvalue weighted by molar-refractivity contribution is 5.91. The molecule has 2 aromatic carbocycles. The van der Waals surface area contributed by atoms with E-state index < -0.39 is 41.3 Å². The lowest BCUT2D eigenvalue weighted by Crippen LogP contribution is -2.21. The molecule has 0 amide bonds. The molecule has 0 saturated carbocycles. The highest BCUT2D eigenvalue weighted by atomic mass is 16.6. The number of rotatable bonds is 17. The standard InChI is InChI=1S/C35H42O12/c1-6-11-27(36)42-22-19-25(45-30(39)14-9-4)32-26(20-22)46-34(35(33(32)41)47-31(40)15-10-5)21-16-17-23(43-28(37)12-7-2)24(18-21)44-29(38)13-8-3/h16-20,31,40H,6-15H2,1-5H3. The number of aliphatic hydroxyl groups is 1. The van der Waals surface area contributed by atoms with Crippen molar-refractivity contribution < 1.29 is 52.4 Å². The smallest absolute Gasteiger partial charge is 0.311 e. The number of esters is 4. The first kappa shape index (κ1) is 36.8. The summed E-state index contributed by atoms with van der Waals surface area (Å²) in [7, 11) is 0. The van der Waals surface area contributed by atoms with Crippen LogP contribution in [-0.2, 0) is 19.2 Å². The second-order valence-corrected chi connectivity index (χ2v) is 10.8. The van der Waals surface area contributed by atoms with Gasteiger partial charge in [0.15, 0.2) is 23.5 Å². The number of hydrogen-bond donors (Lipinski definition) is 1. The second kappa shape index (κ2) is 17.8. The van der Waals surface area contributed by atoms with Gasteiger partial charge < -0.3 is 33.2 Å². The molecule has 0 aliphatic carbocycles. The number of carbonyl (C=O) groups is 4. The number of fused-ring (bicyclic) bond motifs is 1. The van der Waals surface area contributed by atoms with E-state index in [1.165, 1.54) is 30.3 Å². The molecular weight excluding hydrogens is 612 g/mol. The molecule has 1 atom stereocenters. The van der Waals surface area contributed by atoms with Crippen LogP contribution in [0.5, 0.6) is 28.7 Å². The largest absolute Gasteiger partial charge is 0.457 e. The van der Waals surface area contributed by atoms with E-state index in [1.54, 1.807) is 13.8 Å². The zero-order valence-corrected chi connectivity index (χ0v) is 27.5. The van der Waals surface area contributed by atoms with E-state index in [4.69, 9.17) is 28.1 Å². The molecule has 0 saturated heterocycles. The predicted molar refractivity (Wildman–Crippen MR) is 172 cm³/mol. The van der Waals surface area contributed by atoms with Gasteiger partial charge in [-0.3, -0.25) is 24.0 Å². The number of aliphatic hydroxyl groups excluding tert-OH is 1. The van der Waals surface area contributed by atoms with Gasteiger partial charge in [0, 0.05) is 49.8 Å². The van der Waals surface area contributed by atoms with Crippen LogP contribution in [0.15, 0.2) is 39.5 Å². The van der Waals surface area contributed by atoms with Crippen LogP contribution in [0.25, 0.3) is 22.3 Å². The first-order valence-electron chi connectivity index (χ1n) is 16.0. The van der Waals surface area contributed by atoms with Crippen molar-refractivity contribution in [2.45, 2.75) is 105 Å². The second-order valence-electron chi connectivity index (χ2n) is 10.8. The third kappa shape index (κ3) is 10.1. The maximum absolute atomic E-state index is 14.1. The zero-order chi connectivity index (χ0) is 34.5. The molecular formula is C35H42O12. The molecule has 0 radical (unpaired) electrons. The van der Waals surface area contributed by atoms with Crippen molar-refractivity contribution in [3.8, 4) is 40.1 Å². The number of hydrogen-bond acceptors (Lipinski definition) is 12. The van der Waals surface area contributed by atoms with E-state index in [0.29, 0.717) is 32.1 Å². The summed E-state index contributed by atoms with van der Waals surface area (Å²) in [6.07, 6.45) is 1.74. The lowest BCUT2D eigenvalue weighted by molar-refractivity contribution is -0.137. The number of carbonyl (C=O) groups excluding carboxylic acids is 4. The van der Waals surface area contributed by atoms with Crippen molar-refractivity contribution in [3.05, 3.63) is 40.6 Å². The highest BCUT2D eigenvalue weighted by Crippen LogP contribution is 2.40. The van der Waals surface area contributed by atoms with Crippen LogP contribution in [0, 0.1) is 0 Å². The fourth-order valence-corrected chi connectivity index (χ4v) is 4.45. The Morgan fingerprint density at radius 3 is 1.77 bits per heavy atom.